The molecular weight excluding hydrogens is 240 g/mol. The predicted octanol–water partition coefficient (Wildman–Crippen LogP) is 1.87. The fourth-order valence-corrected chi connectivity index (χ4v) is 3.06. The molecule has 1 rings (SSSR count). The fraction of sp³-hybridized carbons (Fsp3) is 0.933. The summed E-state index contributed by atoms with van der Waals surface area (Å²) in [6, 6.07) is 0.773. The first-order chi connectivity index (χ1) is 9.13. The molecular formula is C15H30N2O2. The number of rotatable bonds is 7. The summed E-state index contributed by atoms with van der Waals surface area (Å²) in [5.41, 5.74) is 0. The van der Waals surface area contributed by atoms with E-state index in [1.54, 1.807) is 0 Å². The van der Waals surface area contributed by atoms with Crippen LogP contribution >= 0.6 is 0 Å². The van der Waals surface area contributed by atoms with Crippen LogP contribution in [0.15, 0.2) is 0 Å². The zero-order valence-electron chi connectivity index (χ0n) is 12.8. The van der Waals surface area contributed by atoms with Crippen molar-refractivity contribution < 1.29 is 9.90 Å². The van der Waals surface area contributed by atoms with Gasteiger partial charge >= 0.3 is 0 Å². The van der Waals surface area contributed by atoms with Crippen molar-refractivity contribution in [1.29, 1.82) is 0 Å². The normalized spacial score (nSPS) is 20.3. The number of piperidine rings is 1. The number of carbonyl (C=O) groups excluding carboxylic acids is 1. The second kappa shape index (κ2) is 8.54. The van der Waals surface area contributed by atoms with Crippen molar-refractivity contribution in [3.05, 3.63) is 0 Å². The van der Waals surface area contributed by atoms with Crippen molar-refractivity contribution in [3.8, 4) is 0 Å². The van der Waals surface area contributed by atoms with Gasteiger partial charge in [-0.05, 0) is 39.0 Å². The van der Waals surface area contributed by atoms with E-state index in [1.807, 2.05) is 4.90 Å². The Balaban J connectivity index is 2.59. The summed E-state index contributed by atoms with van der Waals surface area (Å²) in [6.45, 7) is 8.51. The summed E-state index contributed by atoms with van der Waals surface area (Å²) in [5.74, 6) is 0.229. The minimum atomic E-state index is 0.124. The van der Waals surface area contributed by atoms with Gasteiger partial charge in [-0.3, -0.25) is 9.69 Å². The molecule has 1 saturated heterocycles. The van der Waals surface area contributed by atoms with E-state index in [2.05, 4.69) is 25.7 Å². The largest absolute Gasteiger partial charge is 0.395 e. The maximum absolute atomic E-state index is 12.4. The van der Waals surface area contributed by atoms with Crippen LogP contribution in [0.5, 0.6) is 0 Å². The molecule has 0 radical (unpaired) electrons. The lowest BCUT2D eigenvalue weighted by Gasteiger charge is -2.36. The molecule has 0 aromatic carbocycles. The van der Waals surface area contributed by atoms with E-state index in [-0.39, 0.29) is 12.5 Å². The summed E-state index contributed by atoms with van der Waals surface area (Å²) in [6.07, 6.45) is 5.54. The summed E-state index contributed by atoms with van der Waals surface area (Å²) in [4.78, 5) is 16.6. The average Bonchev–Trinajstić information content (AvgIpc) is 2.40. The van der Waals surface area contributed by atoms with E-state index in [4.69, 9.17) is 0 Å². The molecule has 112 valence electrons. The number of nitrogens with zero attached hydrogens (tertiary/aromatic N) is 2. The number of aliphatic hydroxyl groups is 1. The third-order valence-corrected chi connectivity index (χ3v) is 4.31. The van der Waals surface area contributed by atoms with Crippen LogP contribution in [0.1, 0.15) is 52.9 Å². The average molecular weight is 270 g/mol. The molecule has 1 aliphatic heterocycles. The highest BCUT2D eigenvalue weighted by molar-refractivity contribution is 5.78. The van der Waals surface area contributed by atoms with Gasteiger partial charge in [0.1, 0.15) is 0 Å². The van der Waals surface area contributed by atoms with Crippen LogP contribution in [0.25, 0.3) is 0 Å². The van der Waals surface area contributed by atoms with Gasteiger partial charge in [-0.25, -0.2) is 0 Å². The van der Waals surface area contributed by atoms with Crippen molar-refractivity contribution in [2.75, 3.05) is 26.2 Å². The quantitative estimate of drug-likeness (QED) is 0.768. The second-order valence-corrected chi connectivity index (χ2v) is 5.60. The molecule has 1 N–H and O–H groups in total. The number of hydrogen-bond donors (Lipinski definition) is 1. The smallest absolute Gasteiger partial charge is 0.236 e. The Hall–Kier alpha value is -0.610. The SMILES string of the molecule is CCC(CC)N(CCO)CC(=O)N1CCCCC1C. The second-order valence-electron chi connectivity index (χ2n) is 5.60. The van der Waals surface area contributed by atoms with Crippen molar-refractivity contribution in [2.24, 2.45) is 0 Å². The number of amides is 1. The molecule has 1 atom stereocenters. The Morgan fingerprint density at radius 3 is 2.58 bits per heavy atom. The van der Waals surface area contributed by atoms with Gasteiger partial charge in [0.05, 0.1) is 13.2 Å². The van der Waals surface area contributed by atoms with E-state index in [0.717, 1.165) is 32.2 Å². The highest BCUT2D eigenvalue weighted by Gasteiger charge is 2.26. The standard InChI is InChI=1S/C15H30N2O2/c1-4-14(5-2)16(10-11-18)12-15(19)17-9-7-6-8-13(17)3/h13-14,18H,4-12H2,1-3H3. The maximum Gasteiger partial charge on any atom is 0.236 e. The molecule has 0 aromatic rings. The molecule has 0 saturated carbocycles. The first kappa shape index (κ1) is 16.4. The monoisotopic (exact) mass is 270 g/mol. The van der Waals surface area contributed by atoms with Crippen LogP contribution in [0.2, 0.25) is 0 Å². The van der Waals surface area contributed by atoms with Crippen LogP contribution < -0.4 is 0 Å². The molecule has 1 heterocycles. The Kier molecular flexibility index (Phi) is 7.39. The number of likely N-dealkylation sites (tertiary alicyclic amines) is 1. The van der Waals surface area contributed by atoms with Crippen molar-refractivity contribution >= 4 is 5.91 Å². The lowest BCUT2D eigenvalue weighted by atomic mass is 10.0. The van der Waals surface area contributed by atoms with Crippen LogP contribution in [-0.4, -0.2) is 59.1 Å². The number of aliphatic hydroxyl groups excluding tert-OH is 1. The molecule has 0 aromatic heterocycles. The molecule has 0 bridgehead atoms. The highest BCUT2D eigenvalue weighted by Crippen LogP contribution is 2.17. The zero-order valence-corrected chi connectivity index (χ0v) is 12.8. The first-order valence-corrected chi connectivity index (χ1v) is 7.78. The van der Waals surface area contributed by atoms with Gasteiger partial charge in [0.25, 0.3) is 0 Å². The molecule has 4 heteroatoms. The van der Waals surface area contributed by atoms with Crippen molar-refractivity contribution in [2.45, 2.75) is 65.0 Å². The Morgan fingerprint density at radius 1 is 1.37 bits per heavy atom. The first-order valence-electron chi connectivity index (χ1n) is 7.78. The third kappa shape index (κ3) is 4.77. The molecule has 0 spiro atoms. The van der Waals surface area contributed by atoms with Crippen LogP contribution in [0.4, 0.5) is 0 Å². The van der Waals surface area contributed by atoms with Crippen LogP contribution in [0.3, 0.4) is 0 Å². The topological polar surface area (TPSA) is 43.8 Å². The van der Waals surface area contributed by atoms with Gasteiger partial charge in [0, 0.05) is 25.2 Å². The molecule has 0 aliphatic carbocycles. The van der Waals surface area contributed by atoms with Gasteiger partial charge < -0.3 is 10.0 Å². The molecule has 19 heavy (non-hydrogen) atoms. The Bertz CT molecular complexity index is 267. The van der Waals surface area contributed by atoms with E-state index in [0.29, 0.717) is 25.2 Å². The van der Waals surface area contributed by atoms with E-state index < -0.39 is 0 Å². The number of carbonyl (C=O) groups is 1. The summed E-state index contributed by atoms with van der Waals surface area (Å²) < 4.78 is 0. The van der Waals surface area contributed by atoms with E-state index in [9.17, 15) is 9.90 Å². The lowest BCUT2D eigenvalue weighted by molar-refractivity contribution is -0.136. The summed E-state index contributed by atoms with van der Waals surface area (Å²) >= 11 is 0. The third-order valence-electron chi connectivity index (χ3n) is 4.31. The molecule has 1 aliphatic rings. The fourth-order valence-electron chi connectivity index (χ4n) is 3.06. The predicted molar refractivity (Wildman–Crippen MR) is 78.1 cm³/mol. The Morgan fingerprint density at radius 2 is 2.05 bits per heavy atom. The minimum absolute atomic E-state index is 0.124. The van der Waals surface area contributed by atoms with Crippen LogP contribution in [0, 0.1) is 0 Å². The van der Waals surface area contributed by atoms with Gasteiger partial charge in [-0.2, -0.15) is 0 Å². The van der Waals surface area contributed by atoms with E-state index >= 15 is 0 Å². The molecule has 1 amide bonds. The molecule has 1 unspecified atom stereocenters. The Labute approximate surface area is 117 Å². The lowest BCUT2D eigenvalue weighted by Crippen LogP contribution is -2.49. The zero-order chi connectivity index (χ0) is 14.3. The van der Waals surface area contributed by atoms with E-state index in [1.165, 1.54) is 6.42 Å². The highest BCUT2D eigenvalue weighted by atomic mass is 16.3. The summed E-state index contributed by atoms with van der Waals surface area (Å²) in [7, 11) is 0. The van der Waals surface area contributed by atoms with Gasteiger partial charge in [0.15, 0.2) is 0 Å². The van der Waals surface area contributed by atoms with Crippen molar-refractivity contribution in [3.63, 3.8) is 0 Å². The van der Waals surface area contributed by atoms with Gasteiger partial charge in [-0.1, -0.05) is 13.8 Å². The minimum Gasteiger partial charge on any atom is -0.395 e. The number of hydrogen-bond acceptors (Lipinski definition) is 3. The molecule has 4 nitrogen and oxygen atoms in total. The molecule has 1 fully saturated rings. The summed E-state index contributed by atoms with van der Waals surface area (Å²) in [5, 5.41) is 9.19. The maximum atomic E-state index is 12.4. The van der Waals surface area contributed by atoms with Crippen molar-refractivity contribution in [1.82, 2.24) is 9.80 Å². The van der Waals surface area contributed by atoms with Gasteiger partial charge in [-0.15, -0.1) is 0 Å². The van der Waals surface area contributed by atoms with Gasteiger partial charge in [0.2, 0.25) is 5.91 Å². The van der Waals surface area contributed by atoms with Crippen LogP contribution in [-0.2, 0) is 4.79 Å².